The van der Waals surface area contributed by atoms with Gasteiger partial charge in [-0.15, -0.1) is 11.6 Å². The van der Waals surface area contributed by atoms with E-state index in [0.717, 1.165) is 5.56 Å². The Bertz CT molecular complexity index is 263. The van der Waals surface area contributed by atoms with Crippen molar-refractivity contribution in [1.29, 1.82) is 0 Å². The minimum atomic E-state index is -0.342. The molecule has 1 rings (SSSR count). The number of aryl methyl sites for hydroxylation is 1. The number of halogens is 2. The normalized spacial score (nSPS) is 9.92. The van der Waals surface area contributed by atoms with Crippen molar-refractivity contribution in [3.63, 3.8) is 0 Å². The number of alkyl halides is 1. The van der Waals surface area contributed by atoms with Crippen molar-refractivity contribution < 1.29 is 9.13 Å². The van der Waals surface area contributed by atoms with Gasteiger partial charge in [-0.2, -0.15) is 0 Å². The Morgan fingerprint density at radius 3 is 2.92 bits per heavy atom. The van der Waals surface area contributed by atoms with Gasteiger partial charge >= 0.3 is 0 Å². The minimum Gasteiger partial charge on any atom is -0.489 e. The van der Waals surface area contributed by atoms with Crippen LogP contribution in [0.1, 0.15) is 5.56 Å². The summed E-state index contributed by atoms with van der Waals surface area (Å²) in [5.74, 6) is 0.300. The first-order chi connectivity index (χ1) is 5.74. The number of hydrogen-bond acceptors (Lipinski definition) is 1. The van der Waals surface area contributed by atoms with Crippen LogP contribution in [-0.4, -0.2) is 12.5 Å². The smallest absolute Gasteiger partial charge is 0.165 e. The first-order valence-corrected chi connectivity index (χ1v) is 4.22. The molecule has 0 aliphatic carbocycles. The molecule has 0 saturated heterocycles. The molecule has 1 aromatic carbocycles. The molecule has 0 amide bonds. The van der Waals surface area contributed by atoms with Gasteiger partial charge in [0.15, 0.2) is 11.6 Å². The van der Waals surface area contributed by atoms with E-state index in [9.17, 15) is 4.39 Å². The second-order valence-corrected chi connectivity index (χ2v) is 2.85. The third kappa shape index (κ3) is 2.38. The predicted molar refractivity (Wildman–Crippen MR) is 47.4 cm³/mol. The standard InChI is InChI=1S/C9H10ClFO/c1-7-2-3-8(11)9(6-7)12-5-4-10/h2-3,6H,4-5H2,1H3. The van der Waals surface area contributed by atoms with Crippen LogP contribution in [0.5, 0.6) is 5.75 Å². The van der Waals surface area contributed by atoms with Crippen LogP contribution in [0, 0.1) is 12.7 Å². The number of ether oxygens (including phenoxy) is 1. The highest BCUT2D eigenvalue weighted by Crippen LogP contribution is 2.17. The molecule has 0 heterocycles. The van der Waals surface area contributed by atoms with Gasteiger partial charge in [-0.05, 0) is 24.6 Å². The van der Waals surface area contributed by atoms with Crippen LogP contribution in [0.4, 0.5) is 4.39 Å². The van der Waals surface area contributed by atoms with E-state index in [0.29, 0.717) is 12.5 Å². The minimum absolute atomic E-state index is 0.274. The summed E-state index contributed by atoms with van der Waals surface area (Å²) in [5.41, 5.74) is 0.973. The molecule has 0 radical (unpaired) electrons. The number of benzene rings is 1. The first kappa shape index (κ1) is 9.33. The summed E-state index contributed by atoms with van der Waals surface area (Å²) in [6.07, 6.45) is 0. The van der Waals surface area contributed by atoms with Gasteiger partial charge in [0, 0.05) is 0 Å². The van der Waals surface area contributed by atoms with E-state index in [1.165, 1.54) is 6.07 Å². The van der Waals surface area contributed by atoms with E-state index in [1.54, 1.807) is 12.1 Å². The highest BCUT2D eigenvalue weighted by atomic mass is 35.5. The average molecular weight is 189 g/mol. The van der Waals surface area contributed by atoms with E-state index in [-0.39, 0.29) is 11.6 Å². The Balaban J connectivity index is 2.75. The fourth-order valence-corrected chi connectivity index (χ4v) is 0.947. The fourth-order valence-electron chi connectivity index (χ4n) is 0.870. The topological polar surface area (TPSA) is 9.23 Å². The van der Waals surface area contributed by atoms with Crippen LogP contribution in [0.3, 0.4) is 0 Å². The largest absolute Gasteiger partial charge is 0.489 e. The molecule has 3 heteroatoms. The van der Waals surface area contributed by atoms with Crippen LogP contribution >= 0.6 is 11.6 Å². The molecule has 1 aromatic rings. The lowest BCUT2D eigenvalue weighted by molar-refractivity contribution is 0.323. The summed E-state index contributed by atoms with van der Waals surface area (Å²) >= 11 is 5.40. The molecule has 0 bridgehead atoms. The van der Waals surface area contributed by atoms with Crippen molar-refractivity contribution in [3.8, 4) is 5.75 Å². The lowest BCUT2D eigenvalue weighted by Gasteiger charge is -2.05. The van der Waals surface area contributed by atoms with Crippen molar-refractivity contribution in [2.45, 2.75) is 6.92 Å². The molecule has 0 aliphatic heterocycles. The molecule has 0 spiro atoms. The lowest BCUT2D eigenvalue weighted by Crippen LogP contribution is -2.00. The van der Waals surface area contributed by atoms with Gasteiger partial charge in [0.1, 0.15) is 6.61 Å². The van der Waals surface area contributed by atoms with Crippen molar-refractivity contribution >= 4 is 11.6 Å². The van der Waals surface area contributed by atoms with Crippen molar-refractivity contribution in [2.75, 3.05) is 12.5 Å². The van der Waals surface area contributed by atoms with Gasteiger partial charge in [0.05, 0.1) is 5.88 Å². The zero-order valence-electron chi connectivity index (χ0n) is 6.81. The molecule has 0 atom stereocenters. The Morgan fingerprint density at radius 2 is 2.25 bits per heavy atom. The second-order valence-electron chi connectivity index (χ2n) is 2.47. The number of rotatable bonds is 3. The average Bonchev–Trinajstić information content (AvgIpc) is 2.07. The Kier molecular flexibility index (Phi) is 3.35. The molecule has 0 fully saturated rings. The van der Waals surface area contributed by atoms with Gasteiger partial charge in [0.2, 0.25) is 0 Å². The molecular formula is C9H10ClFO. The maximum Gasteiger partial charge on any atom is 0.165 e. The quantitative estimate of drug-likeness (QED) is 0.663. The van der Waals surface area contributed by atoms with Gasteiger partial charge in [-0.1, -0.05) is 6.07 Å². The predicted octanol–water partition coefficient (Wildman–Crippen LogP) is 2.75. The van der Waals surface area contributed by atoms with Gasteiger partial charge in [-0.3, -0.25) is 0 Å². The molecule has 0 aliphatic rings. The summed E-state index contributed by atoms with van der Waals surface area (Å²) in [6.45, 7) is 2.22. The number of hydrogen-bond donors (Lipinski definition) is 0. The van der Waals surface area contributed by atoms with E-state index in [2.05, 4.69) is 0 Å². The lowest BCUT2D eigenvalue weighted by atomic mass is 10.2. The second kappa shape index (κ2) is 4.31. The van der Waals surface area contributed by atoms with E-state index in [4.69, 9.17) is 16.3 Å². The monoisotopic (exact) mass is 188 g/mol. The van der Waals surface area contributed by atoms with E-state index >= 15 is 0 Å². The molecule has 0 saturated carbocycles. The molecule has 0 N–H and O–H groups in total. The Labute approximate surface area is 76.1 Å². The maximum atomic E-state index is 12.9. The summed E-state index contributed by atoms with van der Waals surface area (Å²) in [6, 6.07) is 4.74. The zero-order chi connectivity index (χ0) is 8.97. The first-order valence-electron chi connectivity index (χ1n) is 3.69. The summed E-state index contributed by atoms with van der Waals surface area (Å²) in [7, 11) is 0. The van der Waals surface area contributed by atoms with E-state index < -0.39 is 0 Å². The third-order valence-electron chi connectivity index (χ3n) is 1.42. The highest BCUT2D eigenvalue weighted by Gasteiger charge is 2.01. The molecule has 1 nitrogen and oxygen atoms in total. The van der Waals surface area contributed by atoms with Crippen molar-refractivity contribution in [2.24, 2.45) is 0 Å². The highest BCUT2D eigenvalue weighted by molar-refractivity contribution is 6.17. The van der Waals surface area contributed by atoms with Crippen LogP contribution in [-0.2, 0) is 0 Å². The molecule has 66 valence electrons. The molecule has 0 unspecified atom stereocenters. The fraction of sp³-hybridized carbons (Fsp3) is 0.333. The van der Waals surface area contributed by atoms with E-state index in [1.807, 2.05) is 6.92 Å². The molecule has 0 aromatic heterocycles. The SMILES string of the molecule is Cc1ccc(F)c(OCCCl)c1. The summed E-state index contributed by atoms with van der Waals surface area (Å²) in [4.78, 5) is 0. The van der Waals surface area contributed by atoms with Crippen LogP contribution in [0.25, 0.3) is 0 Å². The Morgan fingerprint density at radius 1 is 1.50 bits per heavy atom. The summed E-state index contributed by atoms with van der Waals surface area (Å²) < 4.78 is 18.0. The van der Waals surface area contributed by atoms with Crippen molar-refractivity contribution in [1.82, 2.24) is 0 Å². The third-order valence-corrected chi connectivity index (χ3v) is 1.58. The van der Waals surface area contributed by atoms with Crippen molar-refractivity contribution in [3.05, 3.63) is 29.6 Å². The van der Waals surface area contributed by atoms with Gasteiger partial charge in [-0.25, -0.2) is 4.39 Å². The van der Waals surface area contributed by atoms with Gasteiger partial charge < -0.3 is 4.74 Å². The van der Waals surface area contributed by atoms with Crippen LogP contribution in [0.2, 0.25) is 0 Å². The maximum absolute atomic E-state index is 12.9. The molecular weight excluding hydrogens is 179 g/mol. The Hall–Kier alpha value is -0.760. The van der Waals surface area contributed by atoms with Crippen LogP contribution < -0.4 is 4.74 Å². The van der Waals surface area contributed by atoms with Gasteiger partial charge in [0.25, 0.3) is 0 Å². The van der Waals surface area contributed by atoms with Crippen LogP contribution in [0.15, 0.2) is 18.2 Å². The zero-order valence-corrected chi connectivity index (χ0v) is 7.57. The molecule has 12 heavy (non-hydrogen) atoms. The summed E-state index contributed by atoms with van der Waals surface area (Å²) in [5, 5.41) is 0.